The van der Waals surface area contributed by atoms with Gasteiger partial charge < -0.3 is 10.5 Å². The molecular formula is C11H13FN4O. The van der Waals surface area contributed by atoms with Crippen LogP contribution in [-0.2, 0) is 13.1 Å². The molecule has 5 nitrogen and oxygen atoms in total. The number of methoxy groups -OCH3 is 1. The van der Waals surface area contributed by atoms with E-state index in [1.807, 2.05) is 6.20 Å². The van der Waals surface area contributed by atoms with Gasteiger partial charge in [-0.05, 0) is 11.6 Å². The standard InChI is InChI=1S/C11H13FN4O/c1-17-10-2-8(4-14-11(10)12)6-16-7-9(3-13)5-15-16/h2,4-5,7H,3,6,13H2,1H3. The van der Waals surface area contributed by atoms with Crippen LogP contribution >= 0.6 is 0 Å². The summed E-state index contributed by atoms with van der Waals surface area (Å²) >= 11 is 0. The largest absolute Gasteiger partial charge is 0.492 e. The Balaban J connectivity index is 2.18. The molecule has 0 radical (unpaired) electrons. The highest BCUT2D eigenvalue weighted by atomic mass is 19.1. The Kier molecular flexibility index (Phi) is 3.34. The first kappa shape index (κ1) is 11.5. The molecule has 0 aromatic carbocycles. The van der Waals surface area contributed by atoms with Crippen LogP contribution in [0.1, 0.15) is 11.1 Å². The van der Waals surface area contributed by atoms with Crippen molar-refractivity contribution in [1.82, 2.24) is 14.8 Å². The Labute approximate surface area is 98.0 Å². The van der Waals surface area contributed by atoms with Gasteiger partial charge in [-0.2, -0.15) is 9.49 Å². The lowest BCUT2D eigenvalue weighted by Gasteiger charge is -2.05. The van der Waals surface area contributed by atoms with Crippen molar-refractivity contribution < 1.29 is 9.13 Å². The summed E-state index contributed by atoms with van der Waals surface area (Å²) in [5.74, 6) is -0.479. The smallest absolute Gasteiger partial charge is 0.255 e. The molecule has 2 heterocycles. The maximum Gasteiger partial charge on any atom is 0.255 e. The van der Waals surface area contributed by atoms with E-state index in [-0.39, 0.29) is 5.75 Å². The van der Waals surface area contributed by atoms with E-state index in [1.165, 1.54) is 13.3 Å². The number of hydrogen-bond acceptors (Lipinski definition) is 4. The fourth-order valence-corrected chi connectivity index (χ4v) is 1.48. The van der Waals surface area contributed by atoms with Crippen molar-refractivity contribution in [3.8, 4) is 5.75 Å². The number of nitrogens with two attached hydrogens (primary N) is 1. The molecule has 0 aliphatic heterocycles. The summed E-state index contributed by atoms with van der Waals surface area (Å²) in [5, 5.41) is 4.13. The molecule has 17 heavy (non-hydrogen) atoms. The zero-order chi connectivity index (χ0) is 12.3. The Bertz CT molecular complexity index is 512. The topological polar surface area (TPSA) is 66.0 Å². The molecule has 0 aliphatic rings. The molecular weight excluding hydrogens is 223 g/mol. The SMILES string of the molecule is COc1cc(Cn2cc(CN)cn2)cnc1F. The van der Waals surface area contributed by atoms with Crippen LogP contribution in [0.5, 0.6) is 5.75 Å². The van der Waals surface area contributed by atoms with Gasteiger partial charge in [-0.1, -0.05) is 0 Å². The molecule has 0 saturated carbocycles. The van der Waals surface area contributed by atoms with Crippen LogP contribution < -0.4 is 10.5 Å². The van der Waals surface area contributed by atoms with Gasteiger partial charge in [0, 0.05) is 24.5 Å². The van der Waals surface area contributed by atoms with Gasteiger partial charge in [0.05, 0.1) is 19.9 Å². The van der Waals surface area contributed by atoms with E-state index in [1.54, 1.807) is 16.9 Å². The Hall–Kier alpha value is -1.95. The molecule has 2 rings (SSSR count). The molecule has 2 aromatic rings. The molecule has 6 heteroatoms. The summed E-state index contributed by atoms with van der Waals surface area (Å²) in [6.07, 6.45) is 5.01. The van der Waals surface area contributed by atoms with Gasteiger partial charge in [0.25, 0.3) is 5.95 Å². The second-order valence-corrected chi connectivity index (χ2v) is 3.59. The number of hydrogen-bond donors (Lipinski definition) is 1. The molecule has 0 bridgehead atoms. The van der Waals surface area contributed by atoms with Crippen LogP contribution in [0.2, 0.25) is 0 Å². The lowest BCUT2D eigenvalue weighted by molar-refractivity contribution is 0.376. The van der Waals surface area contributed by atoms with E-state index >= 15 is 0 Å². The second-order valence-electron chi connectivity index (χ2n) is 3.59. The van der Waals surface area contributed by atoms with E-state index in [9.17, 15) is 4.39 Å². The van der Waals surface area contributed by atoms with Crippen molar-refractivity contribution in [3.05, 3.63) is 41.7 Å². The summed E-state index contributed by atoms with van der Waals surface area (Å²) < 4.78 is 19.7. The van der Waals surface area contributed by atoms with Gasteiger partial charge in [0.15, 0.2) is 5.75 Å². The van der Waals surface area contributed by atoms with Gasteiger partial charge >= 0.3 is 0 Å². The maximum atomic E-state index is 13.1. The van der Waals surface area contributed by atoms with Crippen LogP contribution in [0, 0.1) is 5.95 Å². The van der Waals surface area contributed by atoms with E-state index in [0.717, 1.165) is 11.1 Å². The van der Waals surface area contributed by atoms with E-state index in [4.69, 9.17) is 10.5 Å². The van der Waals surface area contributed by atoms with Crippen LogP contribution in [0.3, 0.4) is 0 Å². The summed E-state index contributed by atoms with van der Waals surface area (Å²) in [7, 11) is 1.41. The van der Waals surface area contributed by atoms with Gasteiger partial charge in [-0.25, -0.2) is 4.98 Å². The zero-order valence-electron chi connectivity index (χ0n) is 9.43. The number of nitrogens with zero attached hydrogens (tertiary/aromatic N) is 3. The molecule has 0 fully saturated rings. The highest BCUT2D eigenvalue weighted by Gasteiger charge is 2.06. The highest BCUT2D eigenvalue weighted by molar-refractivity contribution is 5.25. The first-order valence-electron chi connectivity index (χ1n) is 5.12. The molecule has 2 N–H and O–H groups in total. The maximum absolute atomic E-state index is 13.1. The van der Waals surface area contributed by atoms with Crippen molar-refractivity contribution in [2.24, 2.45) is 5.73 Å². The Morgan fingerprint density at radius 1 is 1.41 bits per heavy atom. The molecule has 0 aliphatic carbocycles. The predicted octanol–water partition coefficient (Wildman–Crippen LogP) is 0.933. The average Bonchev–Trinajstić information content (AvgIpc) is 2.79. The lowest BCUT2D eigenvalue weighted by atomic mass is 10.2. The third-order valence-electron chi connectivity index (χ3n) is 2.35. The molecule has 0 atom stereocenters. The first-order valence-corrected chi connectivity index (χ1v) is 5.12. The fourth-order valence-electron chi connectivity index (χ4n) is 1.48. The molecule has 0 amide bonds. The van der Waals surface area contributed by atoms with Gasteiger partial charge in [-0.3, -0.25) is 4.68 Å². The van der Waals surface area contributed by atoms with Crippen LogP contribution in [-0.4, -0.2) is 21.9 Å². The second kappa shape index (κ2) is 4.92. The Morgan fingerprint density at radius 3 is 2.88 bits per heavy atom. The summed E-state index contributed by atoms with van der Waals surface area (Å²) in [6, 6.07) is 1.60. The van der Waals surface area contributed by atoms with E-state index in [0.29, 0.717) is 13.1 Å². The quantitative estimate of drug-likeness (QED) is 0.802. The molecule has 0 saturated heterocycles. The third kappa shape index (κ3) is 2.59. The summed E-state index contributed by atoms with van der Waals surface area (Å²) in [5.41, 5.74) is 7.25. The van der Waals surface area contributed by atoms with Crippen molar-refractivity contribution in [1.29, 1.82) is 0 Å². The zero-order valence-corrected chi connectivity index (χ0v) is 9.43. The minimum atomic E-state index is -0.612. The number of rotatable bonds is 4. The third-order valence-corrected chi connectivity index (χ3v) is 2.35. The number of pyridine rings is 1. The van der Waals surface area contributed by atoms with Crippen LogP contribution in [0.4, 0.5) is 4.39 Å². The summed E-state index contributed by atoms with van der Waals surface area (Å²) in [4.78, 5) is 3.62. The van der Waals surface area contributed by atoms with Gasteiger partial charge in [-0.15, -0.1) is 0 Å². The average molecular weight is 236 g/mol. The molecule has 2 aromatic heterocycles. The highest BCUT2D eigenvalue weighted by Crippen LogP contribution is 2.16. The lowest BCUT2D eigenvalue weighted by Crippen LogP contribution is -2.02. The molecule has 90 valence electrons. The minimum Gasteiger partial charge on any atom is -0.492 e. The summed E-state index contributed by atoms with van der Waals surface area (Å²) in [6.45, 7) is 0.953. The fraction of sp³-hybridized carbons (Fsp3) is 0.273. The number of halogens is 1. The predicted molar refractivity (Wildman–Crippen MR) is 60.0 cm³/mol. The molecule has 0 unspecified atom stereocenters. The van der Waals surface area contributed by atoms with Crippen molar-refractivity contribution in [3.63, 3.8) is 0 Å². The van der Waals surface area contributed by atoms with Crippen molar-refractivity contribution >= 4 is 0 Å². The van der Waals surface area contributed by atoms with Crippen LogP contribution in [0.25, 0.3) is 0 Å². The normalized spacial score (nSPS) is 10.5. The van der Waals surface area contributed by atoms with Crippen molar-refractivity contribution in [2.75, 3.05) is 7.11 Å². The number of ether oxygens (including phenoxy) is 1. The van der Waals surface area contributed by atoms with E-state index < -0.39 is 5.95 Å². The minimum absolute atomic E-state index is 0.133. The molecule has 0 spiro atoms. The van der Waals surface area contributed by atoms with Gasteiger partial charge in [0.2, 0.25) is 0 Å². The van der Waals surface area contributed by atoms with Crippen LogP contribution in [0.15, 0.2) is 24.7 Å². The van der Waals surface area contributed by atoms with Crippen molar-refractivity contribution in [2.45, 2.75) is 13.1 Å². The first-order chi connectivity index (χ1) is 8.22. The monoisotopic (exact) mass is 236 g/mol. The Morgan fingerprint density at radius 2 is 2.24 bits per heavy atom. The van der Waals surface area contributed by atoms with Gasteiger partial charge in [0.1, 0.15) is 0 Å². The number of aromatic nitrogens is 3. The van der Waals surface area contributed by atoms with E-state index in [2.05, 4.69) is 10.1 Å².